The maximum absolute atomic E-state index is 5.62. The SMILES string of the molecule is CCCOCCCCc1cc2cc3c(cc2s1)sc1c2cc4cc(C)sc4cc2sc31. The Hall–Kier alpha value is -1.50. The van der Waals surface area contributed by atoms with Gasteiger partial charge in [-0.05, 0) is 79.8 Å². The third-order valence-corrected chi connectivity index (χ3v) is 10.5. The van der Waals surface area contributed by atoms with Crippen LogP contribution >= 0.6 is 45.3 Å². The van der Waals surface area contributed by atoms with E-state index in [-0.39, 0.29) is 0 Å². The molecule has 0 unspecified atom stereocenters. The topological polar surface area (TPSA) is 9.23 Å². The second-order valence-electron chi connectivity index (χ2n) is 8.27. The molecule has 4 aromatic heterocycles. The van der Waals surface area contributed by atoms with Gasteiger partial charge >= 0.3 is 0 Å². The van der Waals surface area contributed by atoms with E-state index in [1.165, 1.54) is 65.9 Å². The van der Waals surface area contributed by atoms with Gasteiger partial charge in [0, 0.05) is 52.5 Å². The molecule has 0 saturated heterocycles. The third kappa shape index (κ3) is 3.61. The van der Waals surface area contributed by atoms with Crippen molar-refractivity contribution in [1.82, 2.24) is 0 Å². The molecule has 158 valence electrons. The smallest absolute Gasteiger partial charge is 0.0542 e. The molecule has 0 fully saturated rings. The first-order valence-corrected chi connectivity index (χ1v) is 14.3. The van der Waals surface area contributed by atoms with Gasteiger partial charge in [-0.15, -0.1) is 45.3 Å². The summed E-state index contributed by atoms with van der Waals surface area (Å²) in [5.74, 6) is 0. The van der Waals surface area contributed by atoms with Crippen LogP contribution < -0.4 is 0 Å². The standard InChI is InChI=1S/C26H24OS4/c1-3-7-27-8-5-4-6-18-10-17-12-20-24(14-22(17)29-18)31-25-19-11-16-9-15(2)28-21(16)13-23(19)30-26(20)25/h9-14H,3-8H2,1-2H3. The first-order chi connectivity index (χ1) is 15.2. The third-order valence-electron chi connectivity index (χ3n) is 5.84. The lowest BCUT2D eigenvalue weighted by Crippen LogP contribution is -1.95. The van der Waals surface area contributed by atoms with Crippen molar-refractivity contribution in [2.24, 2.45) is 0 Å². The second-order valence-corrected chi connectivity index (χ2v) is 12.8. The van der Waals surface area contributed by atoms with Crippen LogP contribution in [-0.2, 0) is 11.2 Å². The highest BCUT2D eigenvalue weighted by atomic mass is 32.1. The summed E-state index contributed by atoms with van der Waals surface area (Å²) in [6, 6.07) is 14.4. The highest BCUT2D eigenvalue weighted by Gasteiger charge is 2.15. The van der Waals surface area contributed by atoms with E-state index < -0.39 is 0 Å². The number of rotatable bonds is 7. The first kappa shape index (κ1) is 20.1. The van der Waals surface area contributed by atoms with Gasteiger partial charge in [-0.25, -0.2) is 0 Å². The van der Waals surface area contributed by atoms with Crippen LogP contribution in [0.3, 0.4) is 0 Å². The molecule has 0 aliphatic heterocycles. The first-order valence-electron chi connectivity index (χ1n) is 11.0. The second kappa shape index (κ2) is 8.13. The maximum Gasteiger partial charge on any atom is 0.0542 e. The average molecular weight is 481 g/mol. The number of thiophene rings is 4. The molecule has 2 aromatic carbocycles. The van der Waals surface area contributed by atoms with Crippen molar-refractivity contribution in [3.8, 4) is 0 Å². The van der Waals surface area contributed by atoms with Crippen molar-refractivity contribution in [1.29, 1.82) is 0 Å². The van der Waals surface area contributed by atoms with E-state index in [0.717, 1.165) is 32.5 Å². The van der Waals surface area contributed by atoms with Crippen LogP contribution in [0.5, 0.6) is 0 Å². The van der Waals surface area contributed by atoms with Crippen LogP contribution in [0.15, 0.2) is 36.4 Å². The van der Waals surface area contributed by atoms with E-state index in [0.29, 0.717) is 0 Å². The molecule has 6 aromatic rings. The fraction of sp³-hybridized carbons (Fsp3) is 0.308. The monoisotopic (exact) mass is 480 g/mol. The number of aryl methyl sites for hydroxylation is 2. The summed E-state index contributed by atoms with van der Waals surface area (Å²) in [7, 11) is 0. The van der Waals surface area contributed by atoms with Crippen LogP contribution in [0.1, 0.15) is 35.9 Å². The van der Waals surface area contributed by atoms with Gasteiger partial charge in [-0.3, -0.25) is 0 Å². The van der Waals surface area contributed by atoms with Crippen molar-refractivity contribution in [2.45, 2.75) is 39.5 Å². The molecule has 0 amide bonds. The van der Waals surface area contributed by atoms with Gasteiger partial charge in [0.2, 0.25) is 0 Å². The quantitative estimate of drug-likeness (QED) is 0.207. The molecular formula is C26H24OS4. The minimum absolute atomic E-state index is 0.892. The normalized spacial score (nSPS) is 12.5. The number of fused-ring (bicyclic) bond motifs is 7. The Morgan fingerprint density at radius 1 is 0.677 bits per heavy atom. The molecule has 0 N–H and O–H groups in total. The molecule has 5 heteroatoms. The van der Waals surface area contributed by atoms with E-state index in [1.54, 1.807) is 0 Å². The van der Waals surface area contributed by atoms with E-state index in [2.05, 4.69) is 50.2 Å². The number of ether oxygens (including phenoxy) is 1. The molecule has 1 nitrogen and oxygen atoms in total. The van der Waals surface area contributed by atoms with Crippen LogP contribution in [0, 0.1) is 6.92 Å². The Kier molecular flexibility index (Phi) is 5.28. The van der Waals surface area contributed by atoms with Gasteiger partial charge in [0.1, 0.15) is 0 Å². The molecule has 31 heavy (non-hydrogen) atoms. The minimum atomic E-state index is 0.892. The van der Waals surface area contributed by atoms with Crippen molar-refractivity contribution in [2.75, 3.05) is 13.2 Å². The van der Waals surface area contributed by atoms with E-state index >= 15 is 0 Å². The Bertz CT molecular complexity index is 1540. The molecule has 0 aliphatic carbocycles. The highest BCUT2D eigenvalue weighted by molar-refractivity contribution is 7.37. The lowest BCUT2D eigenvalue weighted by atomic mass is 10.1. The van der Waals surface area contributed by atoms with Crippen molar-refractivity contribution < 1.29 is 4.74 Å². The molecule has 0 aliphatic rings. The zero-order valence-corrected chi connectivity index (χ0v) is 21.0. The van der Waals surface area contributed by atoms with Crippen LogP contribution in [0.4, 0.5) is 0 Å². The molecule has 0 bridgehead atoms. The van der Waals surface area contributed by atoms with Crippen molar-refractivity contribution in [3.05, 3.63) is 46.2 Å². The summed E-state index contributed by atoms with van der Waals surface area (Å²) in [5, 5.41) is 5.66. The lowest BCUT2D eigenvalue weighted by molar-refractivity contribution is 0.131. The summed E-state index contributed by atoms with van der Waals surface area (Å²) in [6.07, 6.45) is 4.64. The average Bonchev–Trinajstić information content (AvgIpc) is 3.48. The maximum atomic E-state index is 5.62. The number of benzene rings is 2. The Morgan fingerprint density at radius 2 is 1.35 bits per heavy atom. The zero-order chi connectivity index (χ0) is 20.9. The fourth-order valence-electron chi connectivity index (χ4n) is 4.39. The van der Waals surface area contributed by atoms with Crippen molar-refractivity contribution >= 4 is 95.1 Å². The summed E-state index contributed by atoms with van der Waals surface area (Å²) in [6.45, 7) is 6.16. The van der Waals surface area contributed by atoms with Crippen LogP contribution in [0.25, 0.3) is 49.7 Å². The van der Waals surface area contributed by atoms with Gasteiger partial charge in [0.05, 0.1) is 9.40 Å². The number of unbranched alkanes of at least 4 members (excludes halogenated alkanes) is 1. The molecule has 0 saturated carbocycles. The minimum Gasteiger partial charge on any atom is -0.381 e. The van der Waals surface area contributed by atoms with E-state index in [1.807, 2.05) is 45.3 Å². The fourth-order valence-corrected chi connectivity index (χ4v) is 9.29. The highest BCUT2D eigenvalue weighted by Crippen LogP contribution is 2.47. The van der Waals surface area contributed by atoms with Gasteiger partial charge in [0.25, 0.3) is 0 Å². The zero-order valence-electron chi connectivity index (χ0n) is 17.7. The summed E-state index contributed by atoms with van der Waals surface area (Å²) >= 11 is 7.81. The lowest BCUT2D eigenvalue weighted by Gasteiger charge is -2.01. The predicted octanol–water partition coefficient (Wildman–Crippen LogP) is 9.76. The molecule has 4 heterocycles. The molecule has 6 rings (SSSR count). The largest absolute Gasteiger partial charge is 0.381 e. The Balaban J connectivity index is 1.35. The predicted molar refractivity (Wildman–Crippen MR) is 144 cm³/mol. The van der Waals surface area contributed by atoms with Gasteiger partial charge < -0.3 is 4.74 Å². The van der Waals surface area contributed by atoms with Crippen LogP contribution in [0.2, 0.25) is 0 Å². The Morgan fingerprint density at radius 3 is 2.06 bits per heavy atom. The summed E-state index contributed by atoms with van der Waals surface area (Å²) in [5.41, 5.74) is 0. The molecule has 0 atom stereocenters. The van der Waals surface area contributed by atoms with Gasteiger partial charge in [-0.2, -0.15) is 0 Å². The van der Waals surface area contributed by atoms with E-state index in [9.17, 15) is 0 Å². The summed E-state index contributed by atoms with van der Waals surface area (Å²) in [4.78, 5) is 2.90. The molecule has 0 spiro atoms. The summed E-state index contributed by atoms with van der Waals surface area (Å²) < 4.78 is 14.2. The molecular weight excluding hydrogens is 457 g/mol. The van der Waals surface area contributed by atoms with E-state index in [4.69, 9.17) is 4.74 Å². The Labute approximate surface area is 197 Å². The molecule has 0 radical (unpaired) electrons. The number of hydrogen-bond donors (Lipinski definition) is 0. The number of hydrogen-bond acceptors (Lipinski definition) is 5. The van der Waals surface area contributed by atoms with Crippen molar-refractivity contribution in [3.63, 3.8) is 0 Å². The van der Waals surface area contributed by atoms with Gasteiger partial charge in [0.15, 0.2) is 0 Å². The van der Waals surface area contributed by atoms with Crippen LogP contribution in [-0.4, -0.2) is 13.2 Å². The van der Waals surface area contributed by atoms with Gasteiger partial charge in [-0.1, -0.05) is 6.92 Å².